The van der Waals surface area contributed by atoms with Crippen LogP contribution in [0.4, 0.5) is 0 Å². The quantitative estimate of drug-likeness (QED) is 0.557. The fourth-order valence-electron chi connectivity index (χ4n) is 1.46. The van der Waals surface area contributed by atoms with Crippen LogP contribution in [0.25, 0.3) is 0 Å². The third-order valence-corrected chi connectivity index (χ3v) is 2.24. The summed E-state index contributed by atoms with van der Waals surface area (Å²) in [4.78, 5) is 0. The van der Waals surface area contributed by atoms with Gasteiger partial charge in [0.1, 0.15) is 0 Å². The number of hydrogen-bond donors (Lipinski definition) is 0. The van der Waals surface area contributed by atoms with Crippen molar-refractivity contribution in [3.05, 3.63) is 17.9 Å². The molecular weight excluding hydrogens is 263 g/mol. The summed E-state index contributed by atoms with van der Waals surface area (Å²) in [7, 11) is 0. The molecule has 70 valence electrons. The second-order valence-corrected chi connectivity index (χ2v) is 3.22. The van der Waals surface area contributed by atoms with E-state index in [4.69, 9.17) is 4.74 Å². The van der Waals surface area contributed by atoms with Crippen molar-refractivity contribution in [3.8, 4) is 0 Å². The highest BCUT2D eigenvalue weighted by Crippen LogP contribution is 2.21. The Balaban J connectivity index is 0.00000121. The molecule has 12 heavy (non-hydrogen) atoms. The summed E-state index contributed by atoms with van der Waals surface area (Å²) in [6.45, 7) is 7.61. The number of hydrogen-bond acceptors (Lipinski definition) is 1. The fourth-order valence-corrected chi connectivity index (χ4v) is 1.46. The summed E-state index contributed by atoms with van der Waals surface area (Å²) < 4.78 is 5.27. The first-order valence-corrected chi connectivity index (χ1v) is 4.26. The first-order chi connectivity index (χ1) is 5.33. The average molecular weight is 280 g/mol. The van der Waals surface area contributed by atoms with Gasteiger partial charge in [-0.05, 0) is 37.7 Å². The summed E-state index contributed by atoms with van der Waals surface area (Å²) in [5.74, 6) is 0.818. The highest BCUT2D eigenvalue weighted by Gasteiger charge is 2.13. The lowest BCUT2D eigenvalue weighted by Gasteiger charge is -2.21. The lowest BCUT2D eigenvalue weighted by Crippen LogP contribution is -2.15. The number of rotatable bonds is 2. The maximum absolute atomic E-state index is 5.27. The Kier molecular flexibility index (Phi) is 6.81. The molecule has 0 bridgehead atoms. The lowest BCUT2D eigenvalue weighted by molar-refractivity contribution is 0.0665. The minimum Gasteiger partial charge on any atom is -0.381 e. The molecule has 0 atom stereocenters. The van der Waals surface area contributed by atoms with Gasteiger partial charge in [0.2, 0.25) is 0 Å². The van der Waals surface area contributed by atoms with Crippen LogP contribution in [0.5, 0.6) is 0 Å². The largest absolute Gasteiger partial charge is 0.381 e. The van der Waals surface area contributed by atoms with E-state index in [9.17, 15) is 0 Å². The zero-order valence-corrected chi connectivity index (χ0v) is 9.97. The van der Waals surface area contributed by atoms with E-state index < -0.39 is 0 Å². The normalized spacial score (nSPS) is 17.8. The second-order valence-electron chi connectivity index (χ2n) is 3.22. The molecule has 1 heterocycles. The highest BCUT2D eigenvalue weighted by atomic mass is 127. The number of halogens is 1. The van der Waals surface area contributed by atoms with E-state index in [0.29, 0.717) is 0 Å². The topological polar surface area (TPSA) is 9.23 Å². The summed E-state index contributed by atoms with van der Waals surface area (Å²) in [5, 5.41) is 0. The Labute approximate surface area is 91.9 Å². The standard InChI is InChI=1S/C10H16O.HI/c1-3-9(2)8-10-4-6-11-7-5-10;/h10H,1,4-8H2,2H3;1H. The van der Waals surface area contributed by atoms with Crippen molar-refractivity contribution in [3.63, 3.8) is 0 Å². The molecule has 0 aliphatic carbocycles. The number of allylic oxidation sites excluding steroid dienone is 1. The molecule has 0 amide bonds. The third-order valence-electron chi connectivity index (χ3n) is 2.24. The Bertz CT molecular complexity index is 165. The molecule has 0 radical (unpaired) electrons. The van der Waals surface area contributed by atoms with Crippen LogP contribution < -0.4 is 0 Å². The molecule has 0 saturated carbocycles. The van der Waals surface area contributed by atoms with E-state index in [2.05, 4.69) is 19.2 Å². The molecule has 1 saturated heterocycles. The monoisotopic (exact) mass is 280 g/mol. The zero-order chi connectivity index (χ0) is 8.10. The average Bonchev–Trinajstić information content (AvgIpc) is 2.06. The SMILES string of the molecule is C=C=C(C)CC1CCOCC1.I. The van der Waals surface area contributed by atoms with Crippen molar-refractivity contribution in [2.45, 2.75) is 26.2 Å². The predicted molar refractivity (Wildman–Crippen MR) is 61.9 cm³/mol. The van der Waals surface area contributed by atoms with Crippen molar-refractivity contribution in [2.24, 2.45) is 5.92 Å². The van der Waals surface area contributed by atoms with Crippen molar-refractivity contribution in [2.75, 3.05) is 13.2 Å². The minimum absolute atomic E-state index is 0. The molecule has 1 fully saturated rings. The van der Waals surface area contributed by atoms with Gasteiger partial charge in [-0.25, -0.2) is 0 Å². The molecule has 1 rings (SSSR count). The molecule has 1 aliphatic heterocycles. The molecule has 0 N–H and O–H groups in total. The van der Waals surface area contributed by atoms with Crippen LogP contribution in [-0.2, 0) is 4.74 Å². The maximum atomic E-state index is 5.27. The van der Waals surface area contributed by atoms with Crippen LogP contribution in [0.1, 0.15) is 26.2 Å². The second kappa shape index (κ2) is 6.70. The molecule has 1 aliphatic rings. The van der Waals surface area contributed by atoms with E-state index in [1.54, 1.807) is 0 Å². The molecule has 0 aromatic heterocycles. The van der Waals surface area contributed by atoms with Crippen LogP contribution in [0.3, 0.4) is 0 Å². The van der Waals surface area contributed by atoms with Gasteiger partial charge in [0.05, 0.1) is 0 Å². The molecule has 0 aromatic rings. The maximum Gasteiger partial charge on any atom is 0.0468 e. The van der Waals surface area contributed by atoms with Gasteiger partial charge in [0.25, 0.3) is 0 Å². The predicted octanol–water partition coefficient (Wildman–Crippen LogP) is 3.15. The van der Waals surface area contributed by atoms with Crippen LogP contribution in [-0.4, -0.2) is 13.2 Å². The van der Waals surface area contributed by atoms with Crippen LogP contribution in [0, 0.1) is 5.92 Å². The van der Waals surface area contributed by atoms with Crippen LogP contribution in [0.15, 0.2) is 17.9 Å². The Morgan fingerprint density at radius 1 is 1.50 bits per heavy atom. The summed E-state index contributed by atoms with van der Waals surface area (Å²) in [6, 6.07) is 0. The first kappa shape index (κ1) is 12.2. The minimum atomic E-state index is 0. The molecule has 0 unspecified atom stereocenters. The van der Waals surface area contributed by atoms with Gasteiger partial charge in [0, 0.05) is 13.2 Å². The van der Waals surface area contributed by atoms with E-state index >= 15 is 0 Å². The van der Waals surface area contributed by atoms with Gasteiger partial charge in [-0.3, -0.25) is 0 Å². The summed E-state index contributed by atoms with van der Waals surface area (Å²) in [5.41, 5.74) is 4.23. The molecular formula is C10H17IO. The number of ether oxygens (including phenoxy) is 1. The zero-order valence-electron chi connectivity index (χ0n) is 7.64. The van der Waals surface area contributed by atoms with Gasteiger partial charge < -0.3 is 4.74 Å². The lowest BCUT2D eigenvalue weighted by atomic mass is 9.93. The molecule has 0 spiro atoms. The Morgan fingerprint density at radius 2 is 2.08 bits per heavy atom. The molecule has 2 heteroatoms. The van der Waals surface area contributed by atoms with Gasteiger partial charge in [0.15, 0.2) is 0 Å². The van der Waals surface area contributed by atoms with E-state index in [-0.39, 0.29) is 24.0 Å². The third kappa shape index (κ3) is 4.29. The Morgan fingerprint density at radius 3 is 2.58 bits per heavy atom. The van der Waals surface area contributed by atoms with Gasteiger partial charge in [-0.2, -0.15) is 0 Å². The van der Waals surface area contributed by atoms with Gasteiger partial charge in [-0.1, -0.05) is 6.58 Å². The van der Waals surface area contributed by atoms with Crippen molar-refractivity contribution >= 4 is 24.0 Å². The van der Waals surface area contributed by atoms with Crippen LogP contribution in [0.2, 0.25) is 0 Å². The summed E-state index contributed by atoms with van der Waals surface area (Å²) in [6.07, 6.45) is 3.57. The smallest absolute Gasteiger partial charge is 0.0468 e. The molecule has 1 nitrogen and oxygen atoms in total. The van der Waals surface area contributed by atoms with Crippen molar-refractivity contribution in [1.82, 2.24) is 0 Å². The highest BCUT2D eigenvalue weighted by molar-refractivity contribution is 14.0. The Hall–Kier alpha value is 0.210. The van der Waals surface area contributed by atoms with E-state index in [1.807, 2.05) is 0 Å². The van der Waals surface area contributed by atoms with Crippen LogP contribution >= 0.6 is 24.0 Å². The molecule has 0 aromatic carbocycles. The fraction of sp³-hybridized carbons (Fsp3) is 0.700. The van der Waals surface area contributed by atoms with Crippen molar-refractivity contribution in [1.29, 1.82) is 0 Å². The van der Waals surface area contributed by atoms with Gasteiger partial charge >= 0.3 is 0 Å². The van der Waals surface area contributed by atoms with E-state index in [0.717, 1.165) is 25.6 Å². The summed E-state index contributed by atoms with van der Waals surface area (Å²) >= 11 is 0. The van der Waals surface area contributed by atoms with E-state index in [1.165, 1.54) is 18.4 Å². The van der Waals surface area contributed by atoms with Crippen molar-refractivity contribution < 1.29 is 4.74 Å². The first-order valence-electron chi connectivity index (χ1n) is 4.26. The van der Waals surface area contributed by atoms with Gasteiger partial charge in [-0.15, -0.1) is 29.7 Å².